The quantitative estimate of drug-likeness (QED) is 0.608. The third-order valence-electron chi connectivity index (χ3n) is 4.75. The Bertz CT molecular complexity index is 570. The van der Waals surface area contributed by atoms with Gasteiger partial charge >= 0.3 is 0 Å². The van der Waals surface area contributed by atoms with Crippen LogP contribution in [0.15, 0.2) is 24.3 Å². The van der Waals surface area contributed by atoms with Gasteiger partial charge in [-0.25, -0.2) is 0 Å². The first-order chi connectivity index (χ1) is 9.22. The van der Waals surface area contributed by atoms with E-state index in [4.69, 9.17) is 0 Å². The first-order valence-electron chi connectivity index (χ1n) is 7.30. The number of fused-ring (bicyclic) bond motifs is 1. The van der Waals surface area contributed by atoms with E-state index >= 15 is 0 Å². The summed E-state index contributed by atoms with van der Waals surface area (Å²) in [5.41, 5.74) is 2.33. The van der Waals surface area contributed by atoms with E-state index in [-0.39, 0.29) is 0 Å². The second-order valence-electron chi connectivity index (χ2n) is 6.19. The molecule has 0 spiro atoms. The van der Waals surface area contributed by atoms with Gasteiger partial charge in [0.05, 0.1) is 0 Å². The molecule has 2 aliphatic carbocycles. The number of rotatable bonds is 0. The topological polar surface area (TPSA) is 0 Å². The fourth-order valence-corrected chi connectivity index (χ4v) is 3.58. The molecule has 2 aliphatic rings. The number of hydrogen-bond acceptors (Lipinski definition) is 0. The highest BCUT2D eigenvalue weighted by molar-refractivity contribution is 5.41. The van der Waals surface area contributed by atoms with Gasteiger partial charge in [-0.15, -0.1) is 0 Å². The van der Waals surface area contributed by atoms with Gasteiger partial charge in [-0.05, 0) is 67.9 Å². The van der Waals surface area contributed by atoms with Gasteiger partial charge in [0.1, 0.15) is 0 Å². The summed E-state index contributed by atoms with van der Waals surface area (Å²) in [5, 5.41) is 0. The predicted molar refractivity (Wildman–Crippen MR) is 79.3 cm³/mol. The van der Waals surface area contributed by atoms with Crippen molar-refractivity contribution in [3.63, 3.8) is 0 Å². The minimum atomic E-state index is 0.604. The van der Waals surface area contributed by atoms with Crippen LogP contribution in [0.4, 0.5) is 0 Å². The molecule has 2 fully saturated rings. The van der Waals surface area contributed by atoms with Crippen molar-refractivity contribution in [3.8, 4) is 23.7 Å². The summed E-state index contributed by atoms with van der Waals surface area (Å²) in [4.78, 5) is 0. The zero-order chi connectivity index (χ0) is 13.2. The lowest BCUT2D eigenvalue weighted by molar-refractivity contribution is 0.120. The number of aryl methyl sites for hydroxylation is 1. The van der Waals surface area contributed by atoms with Gasteiger partial charge in [0, 0.05) is 11.5 Å². The normalized spacial score (nSPS) is 31.3. The maximum atomic E-state index is 3.36. The van der Waals surface area contributed by atoms with Crippen LogP contribution in [0.3, 0.4) is 0 Å². The van der Waals surface area contributed by atoms with E-state index in [0.29, 0.717) is 5.92 Å². The zero-order valence-corrected chi connectivity index (χ0v) is 11.7. The molecule has 0 amide bonds. The number of benzene rings is 1. The molecule has 0 aromatic heterocycles. The molecule has 4 unspecified atom stereocenters. The van der Waals surface area contributed by atoms with Gasteiger partial charge < -0.3 is 0 Å². The molecule has 0 saturated heterocycles. The molecule has 2 saturated carbocycles. The van der Waals surface area contributed by atoms with E-state index in [1.54, 1.807) is 0 Å². The molecule has 0 radical (unpaired) electrons. The van der Waals surface area contributed by atoms with Crippen molar-refractivity contribution in [1.29, 1.82) is 0 Å². The van der Waals surface area contributed by atoms with E-state index < -0.39 is 0 Å². The first-order valence-corrected chi connectivity index (χ1v) is 7.30. The highest BCUT2D eigenvalue weighted by Crippen LogP contribution is 2.52. The van der Waals surface area contributed by atoms with Crippen molar-refractivity contribution in [2.45, 2.75) is 33.1 Å². The third kappa shape index (κ3) is 2.69. The Balaban J connectivity index is 1.59. The summed E-state index contributed by atoms with van der Waals surface area (Å²) in [5.74, 6) is 16.0. The van der Waals surface area contributed by atoms with Crippen LogP contribution < -0.4 is 0 Å². The van der Waals surface area contributed by atoms with Gasteiger partial charge in [-0.1, -0.05) is 36.5 Å². The van der Waals surface area contributed by atoms with Gasteiger partial charge in [0.15, 0.2) is 0 Å². The SMILES string of the molecule is Cc1ccc(C#CC#CC2CC3CC(C)C3C2)cc1. The molecule has 0 nitrogen and oxygen atoms in total. The Kier molecular flexibility index (Phi) is 3.35. The van der Waals surface area contributed by atoms with E-state index in [2.05, 4.69) is 61.8 Å². The standard InChI is InChI=1S/C19H20/c1-14-7-9-16(10-8-14)5-3-4-6-17-12-18-11-15(2)19(18)13-17/h7-10,15,17-19H,11-13H2,1-2H3. The van der Waals surface area contributed by atoms with Crippen LogP contribution in [-0.4, -0.2) is 0 Å². The Morgan fingerprint density at radius 3 is 2.47 bits per heavy atom. The average Bonchev–Trinajstić information content (AvgIpc) is 2.74. The smallest absolute Gasteiger partial charge is 0.0255 e. The lowest BCUT2D eigenvalue weighted by atomic mass is 9.68. The molecule has 0 bridgehead atoms. The second kappa shape index (κ2) is 5.14. The lowest BCUT2D eigenvalue weighted by Gasteiger charge is -2.37. The van der Waals surface area contributed by atoms with Crippen molar-refractivity contribution in [3.05, 3.63) is 35.4 Å². The molecule has 0 N–H and O–H groups in total. The second-order valence-corrected chi connectivity index (χ2v) is 6.19. The highest BCUT2D eigenvalue weighted by atomic mass is 14.5. The summed E-state index contributed by atoms with van der Waals surface area (Å²) in [6.07, 6.45) is 4.05. The fourth-order valence-electron chi connectivity index (χ4n) is 3.58. The summed E-state index contributed by atoms with van der Waals surface area (Å²) in [6.45, 7) is 4.47. The van der Waals surface area contributed by atoms with Crippen molar-refractivity contribution >= 4 is 0 Å². The Hall–Kier alpha value is -1.66. The third-order valence-corrected chi connectivity index (χ3v) is 4.75. The van der Waals surface area contributed by atoms with Crippen LogP contribution in [0, 0.1) is 54.3 Å². The van der Waals surface area contributed by atoms with E-state index in [0.717, 1.165) is 23.3 Å². The van der Waals surface area contributed by atoms with E-state index in [9.17, 15) is 0 Å². The Morgan fingerprint density at radius 2 is 1.79 bits per heavy atom. The van der Waals surface area contributed by atoms with Crippen molar-refractivity contribution in [2.24, 2.45) is 23.7 Å². The summed E-state index contributed by atoms with van der Waals surface area (Å²) >= 11 is 0. The molecule has 1 aromatic carbocycles. The van der Waals surface area contributed by atoms with Gasteiger partial charge in [-0.3, -0.25) is 0 Å². The summed E-state index contributed by atoms with van der Waals surface area (Å²) < 4.78 is 0. The van der Waals surface area contributed by atoms with Crippen LogP contribution in [0.25, 0.3) is 0 Å². The minimum absolute atomic E-state index is 0.604. The monoisotopic (exact) mass is 248 g/mol. The molecule has 0 heterocycles. The van der Waals surface area contributed by atoms with Crippen molar-refractivity contribution < 1.29 is 0 Å². The molecular formula is C19H20. The van der Waals surface area contributed by atoms with Crippen LogP contribution in [-0.2, 0) is 0 Å². The maximum absolute atomic E-state index is 3.36. The zero-order valence-electron chi connectivity index (χ0n) is 11.7. The summed E-state index contributed by atoms with van der Waals surface area (Å²) in [6, 6.07) is 8.30. The largest absolute Gasteiger partial charge is 0.0857 e. The summed E-state index contributed by atoms with van der Waals surface area (Å²) in [7, 11) is 0. The molecule has 1 aromatic rings. The Morgan fingerprint density at radius 1 is 1.00 bits per heavy atom. The van der Waals surface area contributed by atoms with Crippen LogP contribution in [0.5, 0.6) is 0 Å². The van der Waals surface area contributed by atoms with Crippen LogP contribution in [0.1, 0.15) is 37.3 Å². The Labute approximate surface area is 116 Å². The van der Waals surface area contributed by atoms with Gasteiger partial charge in [-0.2, -0.15) is 0 Å². The molecule has 96 valence electrons. The fraction of sp³-hybridized carbons (Fsp3) is 0.474. The average molecular weight is 248 g/mol. The minimum Gasteiger partial charge on any atom is -0.0857 e. The van der Waals surface area contributed by atoms with E-state index in [1.165, 1.54) is 24.8 Å². The van der Waals surface area contributed by atoms with Gasteiger partial charge in [0.25, 0.3) is 0 Å². The van der Waals surface area contributed by atoms with Crippen molar-refractivity contribution in [1.82, 2.24) is 0 Å². The van der Waals surface area contributed by atoms with E-state index in [1.807, 2.05) is 0 Å². The van der Waals surface area contributed by atoms with Crippen LogP contribution in [0.2, 0.25) is 0 Å². The molecule has 0 heteroatoms. The molecule has 19 heavy (non-hydrogen) atoms. The highest BCUT2D eigenvalue weighted by Gasteiger charge is 2.44. The van der Waals surface area contributed by atoms with Gasteiger partial charge in [0.2, 0.25) is 0 Å². The first kappa shape index (κ1) is 12.4. The predicted octanol–water partition coefficient (Wildman–Crippen LogP) is 4.03. The maximum Gasteiger partial charge on any atom is 0.0255 e. The molecule has 0 aliphatic heterocycles. The van der Waals surface area contributed by atoms with Crippen molar-refractivity contribution in [2.75, 3.05) is 0 Å². The molecule has 3 rings (SSSR count). The lowest BCUT2D eigenvalue weighted by Crippen LogP contribution is -2.29. The number of hydrogen-bond donors (Lipinski definition) is 0. The molecule has 4 atom stereocenters. The molecular weight excluding hydrogens is 228 g/mol. The van der Waals surface area contributed by atoms with Crippen LogP contribution >= 0.6 is 0 Å².